The van der Waals surface area contributed by atoms with Crippen molar-refractivity contribution in [1.82, 2.24) is 0 Å². The molecule has 0 unspecified atom stereocenters. The van der Waals surface area contributed by atoms with Gasteiger partial charge in [0.05, 0.1) is 19.3 Å². The summed E-state index contributed by atoms with van der Waals surface area (Å²) in [6.45, 7) is 2.13. The molecule has 0 saturated carbocycles. The smallest absolute Gasteiger partial charge is 0.346 e. The molecule has 0 amide bonds. The highest BCUT2D eigenvalue weighted by atomic mass is 19.2. The van der Waals surface area contributed by atoms with Gasteiger partial charge in [0.15, 0.2) is 11.6 Å². The lowest BCUT2D eigenvalue weighted by Gasteiger charge is -2.11. The minimum absolute atomic E-state index is 0.0511. The third-order valence-corrected chi connectivity index (χ3v) is 5.33. The molecule has 0 atom stereocenters. The van der Waals surface area contributed by atoms with Crippen molar-refractivity contribution in [3.8, 4) is 39.5 Å². The molecule has 0 aliphatic carbocycles. The largest absolute Gasteiger partial charge is 0.497 e. The summed E-state index contributed by atoms with van der Waals surface area (Å²) in [5.41, 5.74) is 0.819. The molecule has 0 heterocycles. The Hall–Kier alpha value is -4.26. The van der Waals surface area contributed by atoms with E-state index in [1.54, 1.807) is 31.2 Å². The van der Waals surface area contributed by atoms with E-state index in [0.717, 1.165) is 6.07 Å². The van der Waals surface area contributed by atoms with Crippen LogP contribution in [0.2, 0.25) is 0 Å². The van der Waals surface area contributed by atoms with Gasteiger partial charge in [0.2, 0.25) is 0 Å². The van der Waals surface area contributed by atoms with Crippen LogP contribution in [0.1, 0.15) is 17.3 Å². The zero-order valence-corrected chi connectivity index (χ0v) is 19.0. The minimum Gasteiger partial charge on any atom is -0.497 e. The first-order valence-corrected chi connectivity index (χ1v) is 10.8. The number of benzene rings is 4. The molecule has 0 aromatic heterocycles. The first-order valence-electron chi connectivity index (χ1n) is 10.8. The second-order valence-electron chi connectivity index (χ2n) is 7.51. The summed E-state index contributed by atoms with van der Waals surface area (Å²) in [6, 6.07) is 19.3. The topological polar surface area (TPSA) is 44.8 Å². The lowest BCUT2D eigenvalue weighted by Crippen LogP contribution is -2.11. The summed E-state index contributed by atoms with van der Waals surface area (Å²) in [5, 5.41) is 0. The number of carbonyl (C=O) groups excluding carboxylic acids is 1. The fraction of sp³-hybridized carbons (Fsp3) is 0.107. The van der Waals surface area contributed by atoms with Crippen molar-refractivity contribution in [2.24, 2.45) is 0 Å². The average molecular weight is 478 g/mol. The number of ether oxygens (including phenoxy) is 3. The third-order valence-electron chi connectivity index (χ3n) is 5.33. The van der Waals surface area contributed by atoms with Crippen LogP contribution < -0.4 is 14.2 Å². The molecule has 7 heteroatoms. The van der Waals surface area contributed by atoms with Crippen molar-refractivity contribution in [2.75, 3.05) is 13.7 Å². The molecule has 0 bridgehead atoms. The first-order chi connectivity index (χ1) is 16.9. The molecule has 4 rings (SSSR count). The van der Waals surface area contributed by atoms with Crippen LogP contribution in [0.3, 0.4) is 0 Å². The van der Waals surface area contributed by atoms with Crippen LogP contribution in [0, 0.1) is 17.5 Å². The van der Waals surface area contributed by atoms with E-state index in [9.17, 15) is 18.0 Å². The van der Waals surface area contributed by atoms with Gasteiger partial charge in [-0.15, -0.1) is 0 Å². The Balaban J connectivity index is 1.52. The number of rotatable bonds is 7. The van der Waals surface area contributed by atoms with Gasteiger partial charge >= 0.3 is 5.97 Å². The first kappa shape index (κ1) is 23.9. The lowest BCUT2D eigenvalue weighted by atomic mass is 9.98. The van der Waals surface area contributed by atoms with Crippen LogP contribution >= 0.6 is 0 Å². The number of methoxy groups -OCH3 is 1. The zero-order chi connectivity index (χ0) is 24.9. The van der Waals surface area contributed by atoms with Gasteiger partial charge in [-0.3, -0.25) is 0 Å². The zero-order valence-electron chi connectivity index (χ0n) is 19.0. The minimum atomic E-state index is -1.00. The Morgan fingerprint density at radius 2 is 1.23 bits per heavy atom. The van der Waals surface area contributed by atoms with E-state index in [0.29, 0.717) is 29.2 Å². The molecule has 4 aromatic rings. The van der Waals surface area contributed by atoms with Crippen molar-refractivity contribution in [2.45, 2.75) is 6.92 Å². The van der Waals surface area contributed by atoms with Crippen LogP contribution in [0.4, 0.5) is 13.2 Å². The van der Waals surface area contributed by atoms with Crippen molar-refractivity contribution in [1.29, 1.82) is 0 Å². The maximum Gasteiger partial charge on any atom is 0.346 e. The van der Waals surface area contributed by atoms with Gasteiger partial charge in [-0.1, -0.05) is 36.4 Å². The number of carbonyl (C=O) groups is 1. The van der Waals surface area contributed by atoms with E-state index in [-0.39, 0.29) is 22.4 Å². The van der Waals surface area contributed by atoms with E-state index >= 15 is 0 Å². The highest BCUT2D eigenvalue weighted by Gasteiger charge is 2.18. The summed E-state index contributed by atoms with van der Waals surface area (Å²) in [4.78, 5) is 12.3. The molecule has 178 valence electrons. The maximum atomic E-state index is 14.9. The van der Waals surface area contributed by atoms with Gasteiger partial charge in [0, 0.05) is 17.2 Å². The molecule has 0 fully saturated rings. The molecule has 0 aliphatic rings. The number of hydrogen-bond donors (Lipinski definition) is 0. The molecule has 0 N–H and O–H groups in total. The third kappa shape index (κ3) is 5.14. The summed E-state index contributed by atoms with van der Waals surface area (Å²) in [5.74, 6) is -2.60. The van der Waals surface area contributed by atoms with Crippen molar-refractivity contribution >= 4 is 5.97 Å². The lowest BCUT2D eigenvalue weighted by molar-refractivity contribution is 0.0730. The van der Waals surface area contributed by atoms with Crippen LogP contribution in [-0.2, 0) is 0 Å². The second-order valence-corrected chi connectivity index (χ2v) is 7.51. The van der Waals surface area contributed by atoms with Crippen molar-refractivity contribution < 1.29 is 32.2 Å². The van der Waals surface area contributed by atoms with Gasteiger partial charge < -0.3 is 14.2 Å². The predicted octanol–water partition coefficient (Wildman–Crippen LogP) is 7.06. The Morgan fingerprint density at radius 3 is 1.71 bits per heavy atom. The normalized spacial score (nSPS) is 10.7. The molecule has 0 aliphatic heterocycles. The molecular weight excluding hydrogens is 457 g/mol. The fourth-order valence-corrected chi connectivity index (χ4v) is 3.55. The monoisotopic (exact) mass is 478 g/mol. The fourth-order valence-electron chi connectivity index (χ4n) is 3.55. The quantitative estimate of drug-likeness (QED) is 0.211. The van der Waals surface area contributed by atoms with E-state index in [1.165, 1.54) is 55.6 Å². The highest BCUT2D eigenvalue weighted by Crippen LogP contribution is 2.33. The Bertz CT molecular complexity index is 1350. The molecule has 0 spiro atoms. The summed E-state index contributed by atoms with van der Waals surface area (Å²) >= 11 is 0. The molecule has 4 aromatic carbocycles. The van der Waals surface area contributed by atoms with E-state index in [2.05, 4.69) is 0 Å². The van der Waals surface area contributed by atoms with Gasteiger partial charge in [-0.25, -0.2) is 18.0 Å². The van der Waals surface area contributed by atoms with Gasteiger partial charge in [-0.2, -0.15) is 0 Å². The van der Waals surface area contributed by atoms with Crippen molar-refractivity contribution in [3.05, 3.63) is 102 Å². The predicted molar refractivity (Wildman–Crippen MR) is 126 cm³/mol. The molecule has 0 radical (unpaired) electrons. The Labute approximate surface area is 200 Å². The molecule has 35 heavy (non-hydrogen) atoms. The summed E-state index contributed by atoms with van der Waals surface area (Å²) in [7, 11) is 1.52. The average Bonchev–Trinajstić information content (AvgIpc) is 2.86. The number of halogens is 3. The Kier molecular flexibility index (Phi) is 7.06. The van der Waals surface area contributed by atoms with E-state index in [1.807, 2.05) is 0 Å². The van der Waals surface area contributed by atoms with E-state index in [4.69, 9.17) is 14.2 Å². The Morgan fingerprint density at radius 1 is 0.714 bits per heavy atom. The van der Waals surface area contributed by atoms with E-state index < -0.39 is 23.4 Å². The molecule has 0 saturated heterocycles. The number of esters is 1. The maximum absolute atomic E-state index is 14.9. The second kappa shape index (κ2) is 10.3. The van der Waals surface area contributed by atoms with Crippen LogP contribution in [0.5, 0.6) is 17.2 Å². The summed E-state index contributed by atoms with van der Waals surface area (Å²) < 4.78 is 59.5. The SMILES string of the molecule is CCOc1ccc(C(=O)Oc2ccc(-c3ccc(-c4ccc(OC)cc4)c(F)c3F)cc2)c(F)c1. The highest BCUT2D eigenvalue weighted by molar-refractivity contribution is 5.91. The van der Waals surface area contributed by atoms with Gasteiger partial charge in [-0.05, 0) is 54.4 Å². The molecular formula is C28H21F3O4. The van der Waals surface area contributed by atoms with Gasteiger partial charge in [0.25, 0.3) is 0 Å². The van der Waals surface area contributed by atoms with Crippen LogP contribution in [-0.4, -0.2) is 19.7 Å². The molecule has 4 nitrogen and oxygen atoms in total. The van der Waals surface area contributed by atoms with Crippen LogP contribution in [0.15, 0.2) is 78.9 Å². The van der Waals surface area contributed by atoms with Crippen LogP contribution in [0.25, 0.3) is 22.3 Å². The van der Waals surface area contributed by atoms with Gasteiger partial charge in [0.1, 0.15) is 23.1 Å². The van der Waals surface area contributed by atoms with Crippen molar-refractivity contribution in [3.63, 3.8) is 0 Å². The summed E-state index contributed by atoms with van der Waals surface area (Å²) in [6.07, 6.45) is 0. The standard InChI is InChI=1S/C28H21F3O4/c1-3-34-21-12-13-24(25(29)16-21)28(32)35-20-10-6-18(7-11-20)23-15-14-22(26(30)27(23)31)17-4-8-19(33-2)9-5-17/h4-16H,3H2,1-2H3. The number of hydrogen-bond acceptors (Lipinski definition) is 4.